The first-order chi connectivity index (χ1) is 16.9. The fourth-order valence-corrected chi connectivity index (χ4v) is 6.61. The molecular weight excluding hydrogens is 444 g/mol. The van der Waals surface area contributed by atoms with Crippen molar-refractivity contribution in [2.75, 3.05) is 5.32 Å². The van der Waals surface area contributed by atoms with E-state index in [1.54, 1.807) is 35.3 Å². The van der Waals surface area contributed by atoms with E-state index in [4.69, 9.17) is 4.74 Å². The maximum Gasteiger partial charge on any atom is 0.327 e. The number of nitrogens with zero attached hydrogens (tertiary/aromatic N) is 4. The van der Waals surface area contributed by atoms with Crippen molar-refractivity contribution in [3.05, 3.63) is 49.1 Å². The van der Waals surface area contributed by atoms with E-state index in [0.717, 1.165) is 30.5 Å². The van der Waals surface area contributed by atoms with Crippen LogP contribution in [-0.2, 0) is 11.8 Å². The molecule has 4 bridgehead atoms. The highest BCUT2D eigenvalue weighted by Gasteiger charge is 2.54. The van der Waals surface area contributed by atoms with Crippen LogP contribution in [0.3, 0.4) is 0 Å². The van der Waals surface area contributed by atoms with Crippen molar-refractivity contribution in [3.63, 3.8) is 0 Å². The highest BCUT2D eigenvalue weighted by atomic mass is 16.5. The molecule has 4 fully saturated rings. The Morgan fingerprint density at radius 3 is 2.37 bits per heavy atom. The third-order valence-corrected chi connectivity index (χ3v) is 7.69. The van der Waals surface area contributed by atoms with Crippen LogP contribution in [0, 0.1) is 23.2 Å². The zero-order valence-corrected chi connectivity index (χ0v) is 19.6. The lowest BCUT2D eigenvalue weighted by atomic mass is 9.49. The van der Waals surface area contributed by atoms with Crippen LogP contribution in [0.5, 0.6) is 11.5 Å². The minimum absolute atomic E-state index is 0.129. The number of carbonyl (C=O) groups excluding carboxylic acids is 2. The predicted molar refractivity (Wildman–Crippen MR) is 129 cm³/mol. The molecule has 4 saturated carbocycles. The quantitative estimate of drug-likeness (QED) is 0.564. The van der Waals surface area contributed by atoms with Crippen molar-refractivity contribution in [3.8, 4) is 22.8 Å². The smallest absolute Gasteiger partial charge is 0.327 e. The summed E-state index contributed by atoms with van der Waals surface area (Å²) in [4.78, 5) is 34.2. The van der Waals surface area contributed by atoms with E-state index < -0.39 is 6.03 Å². The van der Waals surface area contributed by atoms with Crippen LogP contribution < -0.4 is 15.4 Å². The summed E-state index contributed by atoms with van der Waals surface area (Å²) in [5.41, 5.74) is 1.28. The number of anilines is 1. The van der Waals surface area contributed by atoms with Gasteiger partial charge in [0.05, 0.1) is 23.5 Å². The number of imide groups is 1. The van der Waals surface area contributed by atoms with Gasteiger partial charge in [-0.2, -0.15) is 5.10 Å². The number of rotatable bonds is 5. The lowest BCUT2D eigenvalue weighted by Crippen LogP contribution is -2.55. The molecule has 2 N–H and O–H groups in total. The Bertz CT molecular complexity index is 1230. The molecule has 7 rings (SSSR count). The number of hydrogen-bond donors (Lipinski definition) is 2. The van der Waals surface area contributed by atoms with Crippen LogP contribution in [0.4, 0.5) is 10.6 Å². The summed E-state index contributed by atoms with van der Waals surface area (Å²) >= 11 is 0. The summed E-state index contributed by atoms with van der Waals surface area (Å²) in [6.07, 6.45) is 13.3. The molecule has 3 heterocycles. The first-order valence-electron chi connectivity index (χ1n) is 12.2. The van der Waals surface area contributed by atoms with Gasteiger partial charge in [0, 0.05) is 31.1 Å². The molecule has 180 valence electrons. The van der Waals surface area contributed by atoms with Gasteiger partial charge in [-0.05, 0) is 74.5 Å². The monoisotopic (exact) mass is 472 g/mol. The molecule has 3 amide bonds. The lowest BCUT2D eigenvalue weighted by Gasteiger charge is -2.55. The SMILES string of the molecule is Cn1cc(-c2cc(Oc3ccc(NC(=O)NC(=O)C45CC6CC(CC(C6)C4)C5)nc3)ccn2)cn1. The van der Waals surface area contributed by atoms with E-state index in [2.05, 4.69) is 25.7 Å². The minimum Gasteiger partial charge on any atom is -0.456 e. The molecule has 0 saturated heterocycles. The van der Waals surface area contributed by atoms with Gasteiger partial charge in [-0.1, -0.05) is 0 Å². The van der Waals surface area contributed by atoms with Gasteiger partial charge in [0.1, 0.15) is 17.3 Å². The average molecular weight is 473 g/mol. The second kappa shape index (κ2) is 8.48. The Morgan fingerprint density at radius 1 is 1.00 bits per heavy atom. The van der Waals surface area contributed by atoms with Crippen molar-refractivity contribution in [1.82, 2.24) is 25.1 Å². The number of carbonyl (C=O) groups is 2. The van der Waals surface area contributed by atoms with E-state index >= 15 is 0 Å². The zero-order valence-electron chi connectivity index (χ0n) is 19.6. The second-order valence-electron chi connectivity index (χ2n) is 10.4. The number of ether oxygens (including phenoxy) is 1. The number of hydrogen-bond acceptors (Lipinski definition) is 6. The summed E-state index contributed by atoms with van der Waals surface area (Å²) in [5.74, 6) is 3.28. The van der Waals surface area contributed by atoms with Crippen molar-refractivity contribution in [1.29, 1.82) is 0 Å². The lowest BCUT2D eigenvalue weighted by molar-refractivity contribution is -0.144. The summed E-state index contributed by atoms with van der Waals surface area (Å²) in [5, 5.41) is 9.43. The third-order valence-electron chi connectivity index (χ3n) is 7.69. The van der Waals surface area contributed by atoms with E-state index in [0.29, 0.717) is 35.1 Å². The molecular formula is C26H28N6O3. The van der Waals surface area contributed by atoms with Gasteiger partial charge in [0.25, 0.3) is 0 Å². The Hall–Kier alpha value is -3.75. The predicted octanol–water partition coefficient (Wildman–Crippen LogP) is 4.53. The molecule has 4 aliphatic rings. The maximum atomic E-state index is 13.1. The number of nitrogens with one attached hydrogen (secondary N) is 2. The highest BCUT2D eigenvalue weighted by molar-refractivity contribution is 6.02. The molecule has 0 spiro atoms. The van der Waals surface area contributed by atoms with E-state index in [9.17, 15) is 9.59 Å². The first-order valence-corrected chi connectivity index (χ1v) is 12.2. The van der Waals surface area contributed by atoms with Crippen molar-refractivity contribution in [2.45, 2.75) is 38.5 Å². The Labute approximate surface area is 203 Å². The fraction of sp³-hybridized carbons (Fsp3) is 0.423. The van der Waals surface area contributed by atoms with Gasteiger partial charge in [-0.25, -0.2) is 9.78 Å². The number of amides is 3. The number of aryl methyl sites for hydroxylation is 1. The van der Waals surface area contributed by atoms with Crippen LogP contribution in [0.15, 0.2) is 49.1 Å². The van der Waals surface area contributed by atoms with Gasteiger partial charge in [-0.3, -0.25) is 25.1 Å². The Morgan fingerprint density at radius 2 is 1.74 bits per heavy atom. The number of pyridine rings is 2. The van der Waals surface area contributed by atoms with Gasteiger partial charge in [0.15, 0.2) is 0 Å². The van der Waals surface area contributed by atoms with Crippen LogP contribution in [0.25, 0.3) is 11.3 Å². The molecule has 9 heteroatoms. The zero-order chi connectivity index (χ0) is 24.0. The van der Waals surface area contributed by atoms with Gasteiger partial charge in [-0.15, -0.1) is 0 Å². The molecule has 35 heavy (non-hydrogen) atoms. The summed E-state index contributed by atoms with van der Waals surface area (Å²) in [6.45, 7) is 0. The molecule has 9 nitrogen and oxygen atoms in total. The summed E-state index contributed by atoms with van der Waals surface area (Å²) in [7, 11) is 1.85. The molecule has 4 aliphatic carbocycles. The molecule has 3 aromatic heterocycles. The second-order valence-corrected chi connectivity index (χ2v) is 10.4. The maximum absolute atomic E-state index is 13.1. The van der Waals surface area contributed by atoms with Crippen LogP contribution in [0.2, 0.25) is 0 Å². The minimum atomic E-state index is -0.540. The van der Waals surface area contributed by atoms with Crippen molar-refractivity contribution in [2.24, 2.45) is 30.2 Å². The molecule has 0 aliphatic heterocycles. The number of aromatic nitrogens is 4. The van der Waals surface area contributed by atoms with Gasteiger partial charge in [0.2, 0.25) is 5.91 Å². The van der Waals surface area contributed by atoms with E-state index in [1.165, 1.54) is 25.5 Å². The fourth-order valence-electron chi connectivity index (χ4n) is 6.61. The Balaban J connectivity index is 1.06. The molecule has 0 atom stereocenters. The molecule has 0 aromatic carbocycles. The first kappa shape index (κ1) is 21.8. The average Bonchev–Trinajstić information content (AvgIpc) is 3.26. The standard InChI is InChI=1S/C26H28N6O3/c1-32-15-19(13-29-32)22-9-20(4-5-27-22)35-21-2-3-23(28-14-21)30-25(34)31-24(33)26-10-16-6-17(11-26)8-18(7-16)12-26/h2-5,9,13-18H,6-8,10-12H2,1H3,(H2,28,30,31,33,34). The largest absolute Gasteiger partial charge is 0.456 e. The van der Waals surface area contributed by atoms with Crippen molar-refractivity contribution >= 4 is 17.8 Å². The molecule has 0 radical (unpaired) electrons. The molecule has 0 unspecified atom stereocenters. The number of urea groups is 1. The van der Waals surface area contributed by atoms with E-state index in [-0.39, 0.29) is 11.3 Å². The van der Waals surface area contributed by atoms with E-state index in [1.807, 2.05) is 19.3 Å². The normalized spacial score (nSPS) is 26.4. The third kappa shape index (κ3) is 4.38. The van der Waals surface area contributed by atoms with Gasteiger partial charge < -0.3 is 4.74 Å². The van der Waals surface area contributed by atoms with Crippen molar-refractivity contribution < 1.29 is 14.3 Å². The summed E-state index contributed by atoms with van der Waals surface area (Å²) in [6, 6.07) is 6.41. The van der Waals surface area contributed by atoms with Crippen LogP contribution >= 0.6 is 0 Å². The summed E-state index contributed by atoms with van der Waals surface area (Å²) < 4.78 is 7.61. The van der Waals surface area contributed by atoms with Crippen LogP contribution in [0.1, 0.15) is 38.5 Å². The molecule has 3 aromatic rings. The Kier molecular flexibility index (Phi) is 5.27. The highest BCUT2D eigenvalue weighted by Crippen LogP contribution is 2.60. The topological polar surface area (TPSA) is 111 Å². The van der Waals surface area contributed by atoms with Gasteiger partial charge >= 0.3 is 6.03 Å². The van der Waals surface area contributed by atoms with Crippen LogP contribution in [-0.4, -0.2) is 31.7 Å².